The number of nitrogens with one attached hydrogen (secondary N) is 1. The molecule has 0 aliphatic rings. The van der Waals surface area contributed by atoms with E-state index in [4.69, 9.17) is 15.5 Å². The van der Waals surface area contributed by atoms with Gasteiger partial charge in [0.1, 0.15) is 5.60 Å². The van der Waals surface area contributed by atoms with Crippen LogP contribution < -0.4 is 11.1 Å². The van der Waals surface area contributed by atoms with Crippen LogP contribution in [-0.2, 0) is 24.1 Å². The second kappa shape index (κ2) is 10.3. The monoisotopic (exact) mass is 447 g/mol. The summed E-state index contributed by atoms with van der Waals surface area (Å²) in [6.45, 7) is 13.0. The Balaban J connectivity index is 2.20. The second-order valence-electron chi connectivity index (χ2n) is 10.1. The van der Waals surface area contributed by atoms with Gasteiger partial charge in [0, 0.05) is 23.2 Å². The number of alkyl carbamates (subject to hydrolysis) is 1. The molecule has 0 aliphatic carbocycles. The molecule has 3 aromatic rings. The number of amides is 1. The quantitative estimate of drug-likeness (QED) is 0.470. The Hall–Kier alpha value is -2.92. The van der Waals surface area contributed by atoms with Crippen molar-refractivity contribution in [3.05, 3.63) is 64.8 Å². The molecule has 1 amide bonds. The highest BCUT2D eigenvalue weighted by Crippen LogP contribution is 2.35. The van der Waals surface area contributed by atoms with E-state index in [2.05, 4.69) is 68.6 Å². The van der Waals surface area contributed by atoms with Gasteiger partial charge in [0.2, 0.25) is 0 Å². The first kappa shape index (κ1) is 24.7. The number of hydrogen-bond acceptors (Lipinski definition) is 4. The number of carbonyl (C=O) groups excluding carboxylic acids is 1. The SMILES string of the molecule is Cc1ccc(-c2c(CNC(=O)OC(C)(C)C)c(CC(C)C)nc3ccc(CCN)cc23)cc1. The fourth-order valence-corrected chi connectivity index (χ4v) is 3.99. The van der Waals surface area contributed by atoms with Crippen LogP contribution in [0, 0.1) is 12.8 Å². The molecule has 33 heavy (non-hydrogen) atoms. The van der Waals surface area contributed by atoms with Crippen LogP contribution in [0.25, 0.3) is 22.0 Å². The third-order valence-corrected chi connectivity index (χ3v) is 5.42. The minimum absolute atomic E-state index is 0.351. The molecule has 2 aromatic carbocycles. The maximum absolute atomic E-state index is 12.5. The number of pyridine rings is 1. The molecule has 0 saturated heterocycles. The molecule has 1 heterocycles. The van der Waals surface area contributed by atoms with Gasteiger partial charge in [-0.05, 0) is 81.8 Å². The number of fused-ring (bicyclic) bond motifs is 1. The lowest BCUT2D eigenvalue weighted by atomic mass is 9.90. The summed E-state index contributed by atoms with van der Waals surface area (Å²) in [5, 5.41) is 4.06. The Labute approximate surface area is 197 Å². The van der Waals surface area contributed by atoms with Gasteiger partial charge >= 0.3 is 6.09 Å². The Kier molecular flexibility index (Phi) is 7.75. The number of rotatable bonds is 7. The molecular formula is C28H37N3O2. The Morgan fingerprint density at radius 2 is 1.82 bits per heavy atom. The summed E-state index contributed by atoms with van der Waals surface area (Å²) in [6, 6.07) is 14.9. The summed E-state index contributed by atoms with van der Waals surface area (Å²) >= 11 is 0. The number of benzene rings is 2. The fourth-order valence-electron chi connectivity index (χ4n) is 3.99. The van der Waals surface area contributed by atoms with Gasteiger partial charge in [0.05, 0.1) is 5.52 Å². The van der Waals surface area contributed by atoms with E-state index in [0.29, 0.717) is 19.0 Å². The first-order valence-corrected chi connectivity index (χ1v) is 11.8. The highest BCUT2D eigenvalue weighted by atomic mass is 16.6. The highest BCUT2D eigenvalue weighted by Gasteiger charge is 2.21. The minimum atomic E-state index is -0.552. The molecule has 1 aromatic heterocycles. The van der Waals surface area contributed by atoms with Gasteiger partial charge in [-0.1, -0.05) is 49.7 Å². The lowest BCUT2D eigenvalue weighted by Crippen LogP contribution is -2.32. The van der Waals surface area contributed by atoms with E-state index in [1.54, 1.807) is 0 Å². The van der Waals surface area contributed by atoms with Gasteiger partial charge in [-0.25, -0.2) is 4.79 Å². The number of hydrogen-bond donors (Lipinski definition) is 2. The van der Waals surface area contributed by atoms with Crippen LogP contribution in [0.3, 0.4) is 0 Å². The van der Waals surface area contributed by atoms with Crippen molar-refractivity contribution in [2.75, 3.05) is 6.54 Å². The Bertz CT molecular complexity index is 1110. The molecule has 5 heteroatoms. The standard InChI is InChI=1S/C28H37N3O2/c1-18(2)15-25-23(17-30-27(32)33-28(4,5)6)26(21-10-7-19(3)8-11-21)22-16-20(13-14-29)9-12-24(22)31-25/h7-12,16,18H,13-15,17,29H2,1-6H3,(H,30,32). The highest BCUT2D eigenvalue weighted by molar-refractivity contribution is 5.97. The van der Waals surface area contributed by atoms with E-state index in [9.17, 15) is 4.79 Å². The number of ether oxygens (including phenoxy) is 1. The van der Waals surface area contributed by atoms with Gasteiger partial charge in [0.15, 0.2) is 0 Å². The predicted molar refractivity (Wildman–Crippen MR) is 136 cm³/mol. The van der Waals surface area contributed by atoms with E-state index < -0.39 is 11.7 Å². The first-order valence-electron chi connectivity index (χ1n) is 11.8. The average Bonchev–Trinajstić information content (AvgIpc) is 2.71. The van der Waals surface area contributed by atoms with Crippen LogP contribution in [0.15, 0.2) is 42.5 Å². The van der Waals surface area contributed by atoms with Crippen molar-refractivity contribution in [1.82, 2.24) is 10.3 Å². The maximum atomic E-state index is 12.5. The molecule has 0 radical (unpaired) electrons. The molecular weight excluding hydrogens is 410 g/mol. The number of carbonyl (C=O) groups is 1. The molecule has 0 aliphatic heterocycles. The lowest BCUT2D eigenvalue weighted by Gasteiger charge is -2.22. The van der Waals surface area contributed by atoms with E-state index in [1.807, 2.05) is 20.8 Å². The molecule has 3 N–H and O–H groups in total. The summed E-state index contributed by atoms with van der Waals surface area (Å²) in [7, 11) is 0. The molecule has 3 rings (SSSR count). The van der Waals surface area contributed by atoms with Crippen molar-refractivity contribution in [3.8, 4) is 11.1 Å². The van der Waals surface area contributed by atoms with E-state index in [-0.39, 0.29) is 0 Å². The van der Waals surface area contributed by atoms with Crippen LogP contribution in [0.5, 0.6) is 0 Å². The number of nitrogens with two attached hydrogens (primary N) is 1. The van der Waals surface area contributed by atoms with Gasteiger partial charge in [0.25, 0.3) is 0 Å². The van der Waals surface area contributed by atoms with Gasteiger partial charge in [-0.2, -0.15) is 0 Å². The van der Waals surface area contributed by atoms with Crippen molar-refractivity contribution in [2.24, 2.45) is 11.7 Å². The van der Waals surface area contributed by atoms with Gasteiger partial charge in [-0.3, -0.25) is 4.98 Å². The van der Waals surface area contributed by atoms with Crippen LogP contribution >= 0.6 is 0 Å². The number of nitrogens with zero attached hydrogens (tertiary/aromatic N) is 1. The number of aryl methyl sites for hydroxylation is 1. The van der Waals surface area contributed by atoms with Crippen LogP contribution in [0.2, 0.25) is 0 Å². The van der Waals surface area contributed by atoms with Gasteiger partial charge < -0.3 is 15.8 Å². The summed E-state index contributed by atoms with van der Waals surface area (Å²) in [6.07, 6.45) is 1.21. The zero-order valence-electron chi connectivity index (χ0n) is 20.8. The molecule has 0 spiro atoms. The Morgan fingerprint density at radius 1 is 1.12 bits per heavy atom. The summed E-state index contributed by atoms with van der Waals surface area (Å²) in [5.74, 6) is 0.428. The van der Waals surface area contributed by atoms with Crippen molar-refractivity contribution >= 4 is 17.0 Å². The maximum Gasteiger partial charge on any atom is 0.407 e. The van der Waals surface area contributed by atoms with E-state index >= 15 is 0 Å². The summed E-state index contributed by atoms with van der Waals surface area (Å²) in [5.41, 5.74) is 12.9. The molecule has 0 saturated carbocycles. The minimum Gasteiger partial charge on any atom is -0.444 e. The molecule has 0 bridgehead atoms. The van der Waals surface area contributed by atoms with Crippen molar-refractivity contribution in [3.63, 3.8) is 0 Å². The lowest BCUT2D eigenvalue weighted by molar-refractivity contribution is 0.0523. The molecule has 0 atom stereocenters. The molecule has 176 valence electrons. The van der Waals surface area contributed by atoms with Crippen LogP contribution in [0.4, 0.5) is 4.79 Å². The fraction of sp³-hybridized carbons (Fsp3) is 0.429. The summed E-state index contributed by atoms with van der Waals surface area (Å²) in [4.78, 5) is 17.5. The molecule has 0 unspecified atom stereocenters. The first-order chi connectivity index (χ1) is 15.6. The topological polar surface area (TPSA) is 77.2 Å². The smallest absolute Gasteiger partial charge is 0.407 e. The number of aromatic nitrogens is 1. The third kappa shape index (κ3) is 6.55. The second-order valence-corrected chi connectivity index (χ2v) is 10.1. The van der Waals surface area contributed by atoms with Crippen molar-refractivity contribution in [2.45, 2.75) is 66.5 Å². The van der Waals surface area contributed by atoms with Gasteiger partial charge in [-0.15, -0.1) is 0 Å². The summed E-state index contributed by atoms with van der Waals surface area (Å²) < 4.78 is 5.50. The zero-order chi connectivity index (χ0) is 24.2. The molecule has 0 fully saturated rings. The molecule has 5 nitrogen and oxygen atoms in total. The van der Waals surface area contributed by atoms with Crippen molar-refractivity contribution < 1.29 is 9.53 Å². The zero-order valence-corrected chi connectivity index (χ0v) is 20.8. The van der Waals surface area contributed by atoms with Crippen LogP contribution in [-0.4, -0.2) is 23.2 Å². The Morgan fingerprint density at radius 3 is 2.42 bits per heavy atom. The predicted octanol–water partition coefficient (Wildman–Crippen LogP) is 5.93. The average molecular weight is 448 g/mol. The normalized spacial score (nSPS) is 11.8. The third-order valence-electron chi connectivity index (χ3n) is 5.42. The largest absolute Gasteiger partial charge is 0.444 e. The van der Waals surface area contributed by atoms with E-state index in [0.717, 1.165) is 46.1 Å². The van der Waals surface area contributed by atoms with Crippen molar-refractivity contribution in [1.29, 1.82) is 0 Å². The van der Waals surface area contributed by atoms with Crippen LogP contribution in [0.1, 0.15) is 57.0 Å². The van der Waals surface area contributed by atoms with E-state index in [1.165, 1.54) is 11.1 Å².